The zero-order chi connectivity index (χ0) is 26.9. The molecule has 0 atom stereocenters. The van der Waals surface area contributed by atoms with Crippen molar-refractivity contribution in [1.29, 1.82) is 0 Å². The third kappa shape index (κ3) is 3.13. The van der Waals surface area contributed by atoms with Crippen molar-refractivity contribution >= 4 is 107 Å². The standard InChI is InChI=1S/C34H18O2S4/c1-15-3-5-25-17(7-15)9-27(37-25)29-13-23-31(35)19-12-22-20(11-21(19)33(23)39-29)32(36)24-14-30(40-34(22)24)28-10-18-8-16(2)4-6-26(18)38-28/h3-14H,1-2H3. The van der Waals surface area contributed by atoms with Crippen LogP contribution in [-0.4, -0.2) is 0 Å². The molecule has 190 valence electrons. The average molecular weight is 587 g/mol. The minimum Gasteiger partial charge on any atom is -0.289 e. The summed E-state index contributed by atoms with van der Waals surface area (Å²) >= 11 is 6.84. The minimum atomic E-state index is 0.0600. The predicted molar refractivity (Wildman–Crippen MR) is 178 cm³/mol. The van der Waals surface area contributed by atoms with E-state index in [0.29, 0.717) is 10.8 Å². The molecule has 0 spiro atoms. The summed E-state index contributed by atoms with van der Waals surface area (Å²) in [7, 11) is 0. The lowest BCUT2D eigenvalue weighted by Crippen LogP contribution is -1.95. The van der Waals surface area contributed by atoms with Crippen molar-refractivity contribution < 1.29 is 0 Å². The second-order valence-electron chi connectivity index (χ2n) is 10.6. The van der Waals surface area contributed by atoms with Crippen LogP contribution >= 0.6 is 45.3 Å². The smallest absolute Gasteiger partial charge is 0.195 e. The summed E-state index contributed by atoms with van der Waals surface area (Å²) in [5.41, 5.74) is 2.61. The molecule has 0 fully saturated rings. The highest BCUT2D eigenvalue weighted by Gasteiger charge is 2.21. The first-order valence-electron chi connectivity index (χ1n) is 13.0. The summed E-state index contributed by atoms with van der Waals surface area (Å²) in [6.07, 6.45) is 0. The first-order valence-corrected chi connectivity index (χ1v) is 16.2. The zero-order valence-corrected chi connectivity index (χ0v) is 24.6. The number of fused-ring (bicyclic) bond motifs is 8. The largest absolute Gasteiger partial charge is 0.289 e. The van der Waals surface area contributed by atoms with Gasteiger partial charge in [0.2, 0.25) is 0 Å². The number of hydrogen-bond donors (Lipinski definition) is 0. The van der Waals surface area contributed by atoms with Crippen molar-refractivity contribution in [3.05, 3.63) is 104 Å². The zero-order valence-electron chi connectivity index (χ0n) is 21.4. The van der Waals surface area contributed by atoms with Gasteiger partial charge in [-0.2, -0.15) is 0 Å². The van der Waals surface area contributed by atoms with Crippen molar-refractivity contribution in [2.24, 2.45) is 0 Å². The predicted octanol–water partition coefficient (Wildman–Crippen LogP) is 10.4. The fourth-order valence-corrected chi connectivity index (χ4v) is 10.6. The van der Waals surface area contributed by atoms with E-state index in [-0.39, 0.29) is 10.9 Å². The van der Waals surface area contributed by atoms with Gasteiger partial charge < -0.3 is 0 Å². The molecule has 0 unspecified atom stereocenters. The summed E-state index contributed by atoms with van der Waals surface area (Å²) in [6, 6.07) is 25.5. The first-order chi connectivity index (χ1) is 19.4. The maximum Gasteiger partial charge on any atom is 0.195 e. The van der Waals surface area contributed by atoms with Crippen molar-refractivity contribution in [1.82, 2.24) is 0 Å². The molecule has 5 aromatic carbocycles. The normalized spacial score (nSPS) is 12.4. The van der Waals surface area contributed by atoms with Crippen LogP contribution in [0.2, 0.25) is 0 Å². The first kappa shape index (κ1) is 23.1. The Balaban J connectivity index is 1.22. The quantitative estimate of drug-likeness (QED) is 0.202. The van der Waals surface area contributed by atoms with Gasteiger partial charge in [0.05, 0.1) is 0 Å². The molecule has 2 nitrogen and oxygen atoms in total. The molecule has 0 amide bonds. The Labute approximate surface area is 243 Å². The van der Waals surface area contributed by atoms with E-state index in [9.17, 15) is 9.59 Å². The van der Waals surface area contributed by atoms with E-state index in [2.05, 4.69) is 62.4 Å². The fraction of sp³-hybridized carbons (Fsp3) is 0.0588. The van der Waals surface area contributed by atoms with Crippen LogP contribution in [0.3, 0.4) is 0 Å². The Morgan fingerprint density at radius 1 is 0.425 bits per heavy atom. The molecule has 6 heteroatoms. The number of thiophene rings is 4. The molecule has 0 saturated heterocycles. The molecule has 4 heterocycles. The highest BCUT2D eigenvalue weighted by atomic mass is 32.1. The van der Waals surface area contributed by atoms with Crippen LogP contribution in [0.25, 0.3) is 81.4 Å². The third-order valence-corrected chi connectivity index (χ3v) is 12.9. The van der Waals surface area contributed by atoms with Gasteiger partial charge in [0, 0.05) is 70.6 Å². The van der Waals surface area contributed by atoms with Crippen LogP contribution < -0.4 is 10.9 Å². The second-order valence-corrected chi connectivity index (χ2v) is 14.9. The van der Waals surface area contributed by atoms with E-state index in [1.165, 1.54) is 41.1 Å². The lowest BCUT2D eigenvalue weighted by atomic mass is 10.1. The van der Waals surface area contributed by atoms with E-state index in [4.69, 9.17) is 0 Å². The molecule has 4 aromatic heterocycles. The number of aryl methyl sites for hydroxylation is 2. The maximum absolute atomic E-state index is 13.6. The lowest BCUT2D eigenvalue weighted by Gasteiger charge is -1.94. The van der Waals surface area contributed by atoms with E-state index in [0.717, 1.165) is 40.7 Å². The summed E-state index contributed by atoms with van der Waals surface area (Å²) < 4.78 is 4.47. The number of hydrogen-bond acceptors (Lipinski definition) is 6. The Morgan fingerprint density at radius 3 is 1.30 bits per heavy atom. The SMILES string of the molecule is Cc1ccc2sc(-c3cc4c(=O)c5cc6c(cc5c4s3)c(=O)c3cc(-c4cc5cc(C)ccc5s4)sc36)cc2c1. The average Bonchev–Trinajstić information content (AvgIpc) is 3.76. The number of rotatable bonds is 2. The van der Waals surface area contributed by atoms with E-state index >= 15 is 0 Å². The van der Waals surface area contributed by atoms with Crippen molar-refractivity contribution in [2.45, 2.75) is 13.8 Å². The number of benzene rings is 3. The van der Waals surface area contributed by atoms with Gasteiger partial charge in [-0.1, -0.05) is 35.4 Å². The van der Waals surface area contributed by atoms with Crippen LogP contribution in [0.5, 0.6) is 0 Å². The summed E-state index contributed by atoms with van der Waals surface area (Å²) in [4.78, 5) is 31.8. The van der Waals surface area contributed by atoms with Crippen LogP contribution in [-0.2, 0) is 0 Å². The summed E-state index contributed by atoms with van der Waals surface area (Å²) in [6.45, 7) is 4.22. The summed E-state index contributed by atoms with van der Waals surface area (Å²) in [5.74, 6) is 0. The van der Waals surface area contributed by atoms with Gasteiger partial charge in [-0.05, 0) is 73.2 Å². The van der Waals surface area contributed by atoms with Gasteiger partial charge in [-0.3, -0.25) is 9.59 Å². The Kier molecular flexibility index (Phi) is 4.59. The van der Waals surface area contributed by atoms with E-state index in [1.54, 1.807) is 45.3 Å². The Bertz CT molecular complexity index is 2430. The van der Waals surface area contributed by atoms with Crippen molar-refractivity contribution in [3.63, 3.8) is 0 Å². The van der Waals surface area contributed by atoms with Crippen molar-refractivity contribution in [2.75, 3.05) is 0 Å². The van der Waals surface area contributed by atoms with Gasteiger partial charge >= 0.3 is 0 Å². The van der Waals surface area contributed by atoms with Gasteiger partial charge in [0.1, 0.15) is 0 Å². The highest BCUT2D eigenvalue weighted by molar-refractivity contribution is 7.29. The van der Waals surface area contributed by atoms with Crippen LogP contribution in [0.15, 0.2) is 82.4 Å². The molecule has 9 rings (SSSR count). The van der Waals surface area contributed by atoms with Gasteiger partial charge in [-0.25, -0.2) is 0 Å². The second kappa shape index (κ2) is 7.95. The van der Waals surface area contributed by atoms with E-state index < -0.39 is 0 Å². The lowest BCUT2D eigenvalue weighted by molar-refractivity contribution is 1.51. The van der Waals surface area contributed by atoms with Crippen LogP contribution in [0.1, 0.15) is 11.1 Å². The van der Waals surface area contributed by atoms with Gasteiger partial charge in [-0.15, -0.1) is 45.3 Å². The topological polar surface area (TPSA) is 34.1 Å². The Morgan fingerprint density at radius 2 is 0.850 bits per heavy atom. The molecular formula is C34H18O2S4. The molecule has 0 saturated carbocycles. The fourth-order valence-electron chi connectivity index (χ4n) is 5.97. The highest BCUT2D eigenvalue weighted by Crippen LogP contribution is 2.45. The summed E-state index contributed by atoms with van der Waals surface area (Å²) in [5, 5.41) is 7.21. The minimum absolute atomic E-state index is 0.0600. The monoisotopic (exact) mass is 586 g/mol. The molecular weight excluding hydrogens is 569 g/mol. The van der Waals surface area contributed by atoms with E-state index in [1.807, 2.05) is 24.3 Å². The molecule has 9 aromatic rings. The molecule has 0 N–H and O–H groups in total. The third-order valence-electron chi connectivity index (χ3n) is 7.92. The van der Waals surface area contributed by atoms with Crippen LogP contribution in [0, 0.1) is 13.8 Å². The Hall–Kier alpha value is -3.68. The molecule has 0 aliphatic rings. The van der Waals surface area contributed by atoms with Crippen molar-refractivity contribution in [3.8, 4) is 19.5 Å². The van der Waals surface area contributed by atoms with Gasteiger partial charge in [0.25, 0.3) is 0 Å². The van der Waals surface area contributed by atoms with Gasteiger partial charge in [0.15, 0.2) is 10.9 Å². The molecule has 0 radical (unpaired) electrons. The maximum atomic E-state index is 13.6. The molecule has 0 aliphatic carbocycles. The van der Waals surface area contributed by atoms with Crippen LogP contribution in [0.4, 0.5) is 0 Å². The molecule has 40 heavy (non-hydrogen) atoms. The molecule has 0 bridgehead atoms. The molecule has 0 aliphatic heterocycles.